The Labute approximate surface area is 227 Å². The number of nitrogens with zero attached hydrogens (tertiary/aromatic N) is 1. The molecule has 0 N–H and O–H groups in total. The number of hydrogen-bond acceptors (Lipinski definition) is 1. The van der Waals surface area contributed by atoms with E-state index in [1.165, 1.54) is 49.7 Å². The molecule has 6 rings (SSSR count). The van der Waals surface area contributed by atoms with Gasteiger partial charge in [-0.2, -0.15) is 0 Å². The van der Waals surface area contributed by atoms with Crippen LogP contribution in [-0.4, -0.2) is 0 Å². The minimum atomic E-state index is 0.0726. The molecule has 2 heterocycles. The Hall–Kier alpha value is -3.39. The lowest BCUT2D eigenvalue weighted by atomic mass is 9.74. The molecule has 2 heteroatoms. The Bertz CT molecular complexity index is 1740. The Kier molecular flexibility index (Phi) is 5.28. The smallest absolute Gasteiger partial charge is 0.216 e. The molecule has 2 aromatic heterocycles. The zero-order chi connectivity index (χ0) is 27.2. The van der Waals surface area contributed by atoms with Crippen molar-refractivity contribution in [2.45, 2.75) is 78.1 Å². The van der Waals surface area contributed by atoms with E-state index < -0.39 is 0 Å². The number of pyridine rings is 1. The molecule has 0 spiro atoms. The van der Waals surface area contributed by atoms with Crippen molar-refractivity contribution >= 4 is 21.9 Å². The fraction of sp³-hybridized carbons (Fsp3) is 0.361. The summed E-state index contributed by atoms with van der Waals surface area (Å²) in [4.78, 5) is 0. The summed E-state index contributed by atoms with van der Waals surface area (Å²) in [6.45, 7) is 18.9. The van der Waals surface area contributed by atoms with E-state index in [-0.39, 0.29) is 16.2 Å². The molecule has 1 aliphatic carbocycles. The first-order valence-electron chi connectivity index (χ1n) is 13.9. The summed E-state index contributed by atoms with van der Waals surface area (Å²) >= 11 is 0. The van der Waals surface area contributed by atoms with Crippen molar-refractivity contribution in [2.24, 2.45) is 7.05 Å². The van der Waals surface area contributed by atoms with Crippen LogP contribution in [0.3, 0.4) is 0 Å². The van der Waals surface area contributed by atoms with Crippen LogP contribution in [0.15, 0.2) is 71.3 Å². The molecule has 0 bridgehead atoms. The van der Waals surface area contributed by atoms with Crippen molar-refractivity contribution in [1.29, 1.82) is 0 Å². The number of benzene rings is 3. The Morgan fingerprint density at radius 3 is 2.16 bits per heavy atom. The standard InChI is InChI=1S/C36H40NO/c1-22-16-17-26-25-14-12-13-24(32(25)38-33(26)29(22)28-15-10-11-20-37(28)9)23-18-19-27(34(2,3)4)31-30(23)35(5,6)21-36(31,7)8/h10-20H,21H2,1-9H3/q+1. The number of hydrogen-bond donors (Lipinski definition) is 0. The molecule has 0 radical (unpaired) electrons. The van der Waals surface area contributed by atoms with Crippen LogP contribution in [0, 0.1) is 6.92 Å². The van der Waals surface area contributed by atoms with Crippen LogP contribution in [0.5, 0.6) is 0 Å². The maximum atomic E-state index is 6.92. The van der Waals surface area contributed by atoms with Gasteiger partial charge in [0.1, 0.15) is 18.2 Å². The first-order valence-corrected chi connectivity index (χ1v) is 13.9. The van der Waals surface area contributed by atoms with Gasteiger partial charge in [-0.25, -0.2) is 4.57 Å². The molecule has 5 aromatic rings. The van der Waals surface area contributed by atoms with Crippen molar-refractivity contribution in [2.75, 3.05) is 0 Å². The molecule has 0 saturated heterocycles. The first kappa shape index (κ1) is 24.9. The van der Waals surface area contributed by atoms with Gasteiger partial charge < -0.3 is 4.42 Å². The third-order valence-electron chi connectivity index (χ3n) is 8.73. The van der Waals surface area contributed by atoms with Crippen molar-refractivity contribution in [3.63, 3.8) is 0 Å². The van der Waals surface area contributed by atoms with Crippen molar-refractivity contribution < 1.29 is 8.98 Å². The molecule has 1 aliphatic rings. The van der Waals surface area contributed by atoms with E-state index in [4.69, 9.17) is 4.42 Å². The van der Waals surface area contributed by atoms with Gasteiger partial charge in [-0.1, -0.05) is 90.9 Å². The molecule has 0 aliphatic heterocycles. The summed E-state index contributed by atoms with van der Waals surface area (Å²) in [7, 11) is 2.10. The van der Waals surface area contributed by atoms with Crippen LogP contribution in [0.2, 0.25) is 0 Å². The van der Waals surface area contributed by atoms with E-state index in [9.17, 15) is 0 Å². The summed E-state index contributed by atoms with van der Waals surface area (Å²) in [5.74, 6) is 0. The van der Waals surface area contributed by atoms with E-state index in [0.717, 1.165) is 23.3 Å². The van der Waals surface area contributed by atoms with Gasteiger partial charge >= 0.3 is 0 Å². The quantitative estimate of drug-likeness (QED) is 0.220. The second-order valence-corrected chi connectivity index (χ2v) is 13.7. The fourth-order valence-electron chi connectivity index (χ4n) is 7.41. The van der Waals surface area contributed by atoms with Crippen LogP contribution in [-0.2, 0) is 23.3 Å². The summed E-state index contributed by atoms with van der Waals surface area (Å²) in [5.41, 5.74) is 12.8. The number of aryl methyl sites for hydroxylation is 2. The molecule has 0 unspecified atom stereocenters. The second kappa shape index (κ2) is 8.06. The molecule has 2 nitrogen and oxygen atoms in total. The zero-order valence-corrected chi connectivity index (χ0v) is 24.4. The number of rotatable bonds is 2. The maximum Gasteiger partial charge on any atom is 0.216 e. The van der Waals surface area contributed by atoms with Gasteiger partial charge in [0.25, 0.3) is 0 Å². The molecular weight excluding hydrogens is 462 g/mol. The minimum Gasteiger partial charge on any atom is -0.454 e. The van der Waals surface area contributed by atoms with Crippen LogP contribution in [0.1, 0.15) is 77.1 Å². The highest BCUT2D eigenvalue weighted by Crippen LogP contribution is 2.56. The Morgan fingerprint density at radius 1 is 0.737 bits per heavy atom. The molecule has 0 saturated carbocycles. The van der Waals surface area contributed by atoms with Gasteiger partial charge in [0.05, 0.1) is 5.56 Å². The normalized spacial score (nSPS) is 16.3. The summed E-state index contributed by atoms with van der Waals surface area (Å²) in [6.07, 6.45) is 3.24. The lowest BCUT2D eigenvalue weighted by Crippen LogP contribution is -2.30. The summed E-state index contributed by atoms with van der Waals surface area (Å²) in [5, 5.41) is 2.36. The number of para-hydroxylation sites is 1. The molecule has 0 atom stereocenters. The minimum absolute atomic E-state index is 0.0726. The molecule has 0 amide bonds. The maximum absolute atomic E-state index is 6.92. The van der Waals surface area contributed by atoms with Gasteiger partial charge in [0.15, 0.2) is 6.20 Å². The largest absolute Gasteiger partial charge is 0.454 e. The van der Waals surface area contributed by atoms with Crippen molar-refractivity contribution in [1.82, 2.24) is 0 Å². The lowest BCUT2D eigenvalue weighted by molar-refractivity contribution is -0.660. The van der Waals surface area contributed by atoms with Crippen LogP contribution in [0.25, 0.3) is 44.3 Å². The molecular formula is C36H40NO+. The van der Waals surface area contributed by atoms with Crippen molar-refractivity contribution in [3.8, 4) is 22.4 Å². The van der Waals surface area contributed by atoms with E-state index in [1.807, 2.05) is 0 Å². The predicted octanol–water partition coefficient (Wildman–Crippen LogP) is 9.31. The third-order valence-corrected chi connectivity index (χ3v) is 8.73. The second-order valence-electron chi connectivity index (χ2n) is 13.7. The van der Waals surface area contributed by atoms with Crippen LogP contribution in [0.4, 0.5) is 0 Å². The number of furan rings is 1. The summed E-state index contributed by atoms with van der Waals surface area (Å²) < 4.78 is 9.10. The molecule has 3 aromatic carbocycles. The SMILES string of the molecule is Cc1ccc2c(oc3c(-c4ccc(C(C)(C)C)c5c4C(C)(C)CC5(C)C)cccc32)c1-c1cccc[n+]1C. The van der Waals surface area contributed by atoms with E-state index in [2.05, 4.69) is 134 Å². The van der Waals surface area contributed by atoms with E-state index >= 15 is 0 Å². The number of aromatic nitrogens is 1. The van der Waals surface area contributed by atoms with E-state index in [0.29, 0.717) is 0 Å². The Balaban J connectivity index is 1.70. The number of fused-ring (bicyclic) bond motifs is 4. The van der Waals surface area contributed by atoms with Gasteiger partial charge in [-0.3, -0.25) is 0 Å². The van der Waals surface area contributed by atoms with Gasteiger partial charge in [-0.05, 0) is 63.5 Å². The highest BCUT2D eigenvalue weighted by molar-refractivity contribution is 6.13. The highest BCUT2D eigenvalue weighted by atomic mass is 16.3. The van der Waals surface area contributed by atoms with Crippen molar-refractivity contribution in [3.05, 3.63) is 89.1 Å². The average Bonchev–Trinajstić information content (AvgIpc) is 3.30. The Morgan fingerprint density at radius 2 is 1.45 bits per heavy atom. The predicted molar refractivity (Wildman–Crippen MR) is 160 cm³/mol. The lowest BCUT2D eigenvalue weighted by Gasteiger charge is -2.30. The molecule has 194 valence electrons. The van der Waals surface area contributed by atoms with Crippen LogP contribution >= 0.6 is 0 Å². The fourth-order valence-corrected chi connectivity index (χ4v) is 7.41. The highest BCUT2D eigenvalue weighted by Gasteiger charge is 2.46. The zero-order valence-electron chi connectivity index (χ0n) is 24.4. The van der Waals surface area contributed by atoms with Gasteiger partial charge in [0, 0.05) is 28.5 Å². The summed E-state index contributed by atoms with van der Waals surface area (Å²) in [6, 6.07) is 22.2. The molecule has 38 heavy (non-hydrogen) atoms. The average molecular weight is 503 g/mol. The molecule has 0 fully saturated rings. The first-order chi connectivity index (χ1) is 17.8. The van der Waals surface area contributed by atoms with Gasteiger partial charge in [-0.15, -0.1) is 0 Å². The van der Waals surface area contributed by atoms with E-state index in [1.54, 1.807) is 0 Å². The van der Waals surface area contributed by atoms with Gasteiger partial charge in [0.2, 0.25) is 5.69 Å². The van der Waals surface area contributed by atoms with Crippen LogP contribution < -0.4 is 4.57 Å². The third kappa shape index (κ3) is 3.56. The topological polar surface area (TPSA) is 17.0 Å². The monoisotopic (exact) mass is 502 g/mol.